The lowest BCUT2D eigenvalue weighted by Gasteiger charge is -2.13. The highest BCUT2D eigenvalue weighted by Crippen LogP contribution is 2.27. The van der Waals surface area contributed by atoms with Crippen LogP contribution in [0.25, 0.3) is 0 Å². The molecule has 0 aromatic heterocycles. The molecule has 1 saturated carbocycles. The van der Waals surface area contributed by atoms with Crippen molar-refractivity contribution in [2.75, 3.05) is 0 Å². The van der Waals surface area contributed by atoms with Crippen molar-refractivity contribution in [3.05, 3.63) is 0 Å². The van der Waals surface area contributed by atoms with Crippen LogP contribution in [0, 0.1) is 5.89 Å². The van der Waals surface area contributed by atoms with Crippen molar-refractivity contribution in [1.29, 1.82) is 0 Å². The SMILES string of the molecule is [2H]C1([13CH2]CCCCCCCCCC(=O)O)CCCCCC1. The third kappa shape index (κ3) is 10.3. The van der Waals surface area contributed by atoms with Gasteiger partial charge in [-0.05, 0) is 12.3 Å². The number of carboxylic acids is 1. The fraction of sp³-hybridized carbons (Fsp3) is 0.944. The van der Waals surface area contributed by atoms with Crippen molar-refractivity contribution in [1.82, 2.24) is 0 Å². The van der Waals surface area contributed by atoms with Crippen LogP contribution in [0.5, 0.6) is 0 Å². The lowest BCUT2D eigenvalue weighted by Crippen LogP contribution is -1.98. The fourth-order valence-corrected chi connectivity index (χ4v) is 3.19. The molecular formula is C18H34O2. The van der Waals surface area contributed by atoms with Crippen LogP contribution < -0.4 is 0 Å². The van der Waals surface area contributed by atoms with Crippen LogP contribution in [0.3, 0.4) is 0 Å². The van der Waals surface area contributed by atoms with Gasteiger partial charge in [-0.2, -0.15) is 0 Å². The zero-order valence-corrected chi connectivity index (χ0v) is 13.2. The van der Waals surface area contributed by atoms with E-state index in [1.54, 1.807) is 0 Å². The average molecular weight is 284 g/mol. The number of carboxylic acid groups (broad SMARTS) is 1. The number of aliphatic carboxylic acids is 1. The number of rotatable bonds is 11. The molecular weight excluding hydrogens is 249 g/mol. The molecule has 0 radical (unpaired) electrons. The summed E-state index contributed by atoms with van der Waals surface area (Å²) < 4.78 is 8.54. The molecule has 1 aliphatic carbocycles. The number of hydrogen-bond donors (Lipinski definition) is 1. The van der Waals surface area contributed by atoms with Gasteiger partial charge in [0.1, 0.15) is 0 Å². The van der Waals surface area contributed by atoms with E-state index in [9.17, 15) is 4.79 Å². The normalized spacial score (nSPS) is 19.3. The van der Waals surface area contributed by atoms with Crippen LogP contribution in [0.2, 0.25) is 0 Å². The molecule has 20 heavy (non-hydrogen) atoms. The molecule has 0 unspecified atom stereocenters. The molecule has 1 N–H and O–H groups in total. The summed E-state index contributed by atoms with van der Waals surface area (Å²) in [5.74, 6) is -0.773. The Bertz CT molecular complexity index is 270. The van der Waals surface area contributed by atoms with Gasteiger partial charge < -0.3 is 5.11 Å². The third-order valence-electron chi connectivity index (χ3n) is 4.48. The lowest BCUT2D eigenvalue weighted by atomic mass is 10.0. The van der Waals surface area contributed by atoms with Crippen LogP contribution in [0.4, 0.5) is 0 Å². The van der Waals surface area contributed by atoms with Crippen molar-refractivity contribution in [3.63, 3.8) is 0 Å². The van der Waals surface area contributed by atoms with Gasteiger partial charge >= 0.3 is 5.97 Å². The molecule has 1 aliphatic rings. The number of unbranched alkanes of at least 4 members (excludes halogenated alkanes) is 7. The molecule has 0 atom stereocenters. The highest BCUT2D eigenvalue weighted by Gasteiger charge is 2.11. The molecule has 2 heteroatoms. The van der Waals surface area contributed by atoms with Crippen molar-refractivity contribution < 1.29 is 11.3 Å². The minimum Gasteiger partial charge on any atom is -0.481 e. The van der Waals surface area contributed by atoms with Crippen molar-refractivity contribution in [2.45, 2.75) is 103 Å². The Hall–Kier alpha value is -0.530. The zero-order valence-electron chi connectivity index (χ0n) is 14.2. The predicted octanol–water partition coefficient (Wildman–Crippen LogP) is 5.94. The van der Waals surface area contributed by atoms with Crippen LogP contribution in [-0.2, 0) is 4.79 Å². The second-order valence-corrected chi connectivity index (χ2v) is 6.39. The van der Waals surface area contributed by atoms with Gasteiger partial charge in [-0.1, -0.05) is 89.9 Å². The van der Waals surface area contributed by atoms with Gasteiger partial charge in [0.15, 0.2) is 0 Å². The van der Waals surface area contributed by atoms with E-state index in [-0.39, 0.29) is 5.89 Å². The second-order valence-electron chi connectivity index (χ2n) is 6.39. The Labute approximate surface area is 126 Å². The zero-order chi connectivity index (χ0) is 15.4. The summed E-state index contributed by atoms with van der Waals surface area (Å²) >= 11 is 0. The standard InChI is InChI=1S/C18H34O2/c19-18(20)16-12-6-4-2-1-3-5-9-13-17-14-10-7-8-11-15-17/h17H,1-16H2,(H,19,20)/i13+1,17D. The smallest absolute Gasteiger partial charge is 0.303 e. The maximum Gasteiger partial charge on any atom is 0.303 e. The van der Waals surface area contributed by atoms with E-state index in [4.69, 9.17) is 6.48 Å². The molecule has 0 aromatic carbocycles. The quantitative estimate of drug-likeness (QED) is 0.289. The Kier molecular flexibility index (Phi) is 9.69. The van der Waals surface area contributed by atoms with Crippen LogP contribution in [0.15, 0.2) is 0 Å². The first kappa shape index (κ1) is 15.9. The van der Waals surface area contributed by atoms with Crippen molar-refractivity contribution in [3.8, 4) is 0 Å². The lowest BCUT2D eigenvalue weighted by molar-refractivity contribution is -0.137. The minimum absolute atomic E-state index is 0.104. The third-order valence-corrected chi connectivity index (χ3v) is 4.48. The van der Waals surface area contributed by atoms with E-state index >= 15 is 0 Å². The van der Waals surface area contributed by atoms with E-state index in [0.29, 0.717) is 6.42 Å². The highest BCUT2D eigenvalue weighted by molar-refractivity contribution is 5.66. The van der Waals surface area contributed by atoms with Gasteiger partial charge in [-0.3, -0.25) is 4.79 Å². The van der Waals surface area contributed by atoms with E-state index < -0.39 is 5.97 Å². The summed E-state index contributed by atoms with van der Waals surface area (Å²) in [6, 6.07) is 0. The minimum atomic E-state index is -0.669. The molecule has 0 bridgehead atoms. The topological polar surface area (TPSA) is 37.3 Å². The molecule has 1 rings (SSSR count). The maximum absolute atomic E-state index is 10.4. The van der Waals surface area contributed by atoms with Gasteiger partial charge in [0.25, 0.3) is 0 Å². The molecule has 1 fully saturated rings. The molecule has 0 aliphatic heterocycles. The summed E-state index contributed by atoms with van der Waals surface area (Å²) in [5.41, 5.74) is 0. The molecule has 0 heterocycles. The van der Waals surface area contributed by atoms with Gasteiger partial charge in [0, 0.05) is 7.79 Å². The largest absolute Gasteiger partial charge is 0.481 e. The average Bonchev–Trinajstić information content (AvgIpc) is 2.66. The molecule has 0 spiro atoms. The van der Waals surface area contributed by atoms with E-state index in [2.05, 4.69) is 0 Å². The van der Waals surface area contributed by atoms with E-state index in [0.717, 1.165) is 32.1 Å². The Balaban J connectivity index is 1.89. The fourth-order valence-electron chi connectivity index (χ4n) is 3.19. The Morgan fingerprint density at radius 2 is 1.35 bits per heavy atom. The first-order chi connectivity index (χ1) is 10.1. The van der Waals surface area contributed by atoms with Gasteiger partial charge in [0.2, 0.25) is 0 Å². The Morgan fingerprint density at radius 3 is 1.90 bits per heavy atom. The second kappa shape index (κ2) is 12.2. The van der Waals surface area contributed by atoms with Crippen molar-refractivity contribution >= 4 is 5.97 Å². The molecule has 0 saturated heterocycles. The van der Waals surface area contributed by atoms with Gasteiger partial charge in [-0.15, -0.1) is 0 Å². The van der Waals surface area contributed by atoms with Crippen LogP contribution in [-0.4, -0.2) is 11.1 Å². The summed E-state index contributed by atoms with van der Waals surface area (Å²) in [7, 11) is 0. The van der Waals surface area contributed by atoms with E-state index in [1.807, 2.05) is 0 Å². The number of carbonyl (C=O) groups is 1. The molecule has 0 amide bonds. The molecule has 118 valence electrons. The molecule has 0 aromatic rings. The first-order valence-electron chi connectivity index (χ1n) is 9.34. The van der Waals surface area contributed by atoms with E-state index in [1.165, 1.54) is 64.2 Å². The first-order valence-corrected chi connectivity index (χ1v) is 8.84. The van der Waals surface area contributed by atoms with Crippen LogP contribution in [0.1, 0.15) is 104 Å². The van der Waals surface area contributed by atoms with Crippen LogP contribution >= 0.6 is 0 Å². The summed E-state index contributed by atoms with van der Waals surface area (Å²) in [6.07, 6.45) is 18.2. The highest BCUT2D eigenvalue weighted by atomic mass is 16.4. The van der Waals surface area contributed by atoms with Gasteiger partial charge in [0.05, 0.1) is 0 Å². The monoisotopic (exact) mass is 284 g/mol. The van der Waals surface area contributed by atoms with Crippen molar-refractivity contribution in [2.24, 2.45) is 5.89 Å². The summed E-state index contributed by atoms with van der Waals surface area (Å²) in [6.45, 7) is 0. The summed E-state index contributed by atoms with van der Waals surface area (Å²) in [5, 5.41) is 8.54. The predicted molar refractivity (Wildman–Crippen MR) is 85.0 cm³/mol. The maximum atomic E-state index is 10.4. The van der Waals surface area contributed by atoms with Gasteiger partial charge in [-0.25, -0.2) is 0 Å². The Morgan fingerprint density at radius 1 is 0.850 bits per heavy atom. The number of hydrogen-bond acceptors (Lipinski definition) is 1. The summed E-state index contributed by atoms with van der Waals surface area (Å²) in [4.78, 5) is 10.4. The molecule has 2 nitrogen and oxygen atoms in total.